The molecule has 42 heavy (non-hydrogen) atoms. The van der Waals surface area contributed by atoms with Gasteiger partial charge in [0.15, 0.2) is 0 Å². The number of allylic oxidation sites excluding steroid dienone is 4. The summed E-state index contributed by atoms with van der Waals surface area (Å²) in [5, 5.41) is 4.32. The Kier molecular flexibility index (Phi) is 5.18. The molecule has 212 valence electrons. The molecule has 0 bridgehead atoms. The highest BCUT2D eigenvalue weighted by Crippen LogP contribution is 2.51. The van der Waals surface area contributed by atoms with Crippen LogP contribution in [0.1, 0.15) is 96.4 Å². The molecule has 0 fully saturated rings. The average Bonchev–Trinajstić information content (AvgIpc) is 3.30. The number of hydrogen-bond donors (Lipinski definition) is 0. The van der Waals surface area contributed by atoms with Crippen molar-refractivity contribution >= 4 is 33.9 Å². The van der Waals surface area contributed by atoms with Gasteiger partial charge in [-0.2, -0.15) is 0 Å². The number of anilines is 2. The molecule has 3 aromatic carbocycles. The number of rotatable bonds is 3. The summed E-state index contributed by atoms with van der Waals surface area (Å²) in [5.41, 5.74) is 14.1. The third kappa shape index (κ3) is 3.33. The normalized spacial score (nSPS) is 19.0. The van der Waals surface area contributed by atoms with Crippen LogP contribution in [0.15, 0.2) is 78.5 Å². The standard InChI is InChI=1S/C40H42N2/c1-38(2,3)25-19-21-27(22-20-25)41(26-13-9-8-10-14-26)28-23-30-29-15-11-16-31-35(29)42-36(30)34(24-28)40(6,7)33-18-12-17-32(37(33)42)39(31,4)5/h8-9,12-13,15,17-24H,10-11,14,16H2,1-7H3. The van der Waals surface area contributed by atoms with Crippen molar-refractivity contribution < 1.29 is 0 Å². The van der Waals surface area contributed by atoms with Gasteiger partial charge in [-0.1, -0.05) is 97.0 Å². The molecule has 0 radical (unpaired) electrons. The highest BCUT2D eigenvalue weighted by Gasteiger charge is 2.43. The minimum Gasteiger partial charge on any atom is -0.314 e. The molecule has 0 N–H and O–H groups in total. The van der Waals surface area contributed by atoms with E-state index in [9.17, 15) is 0 Å². The van der Waals surface area contributed by atoms with Gasteiger partial charge >= 0.3 is 0 Å². The third-order valence-corrected chi connectivity index (χ3v) is 10.7. The van der Waals surface area contributed by atoms with Crippen molar-refractivity contribution in [3.05, 3.63) is 111 Å². The fourth-order valence-electron chi connectivity index (χ4n) is 8.31. The van der Waals surface area contributed by atoms with E-state index in [4.69, 9.17) is 0 Å². The Labute approximate surface area is 250 Å². The van der Waals surface area contributed by atoms with E-state index in [0.717, 1.165) is 25.7 Å². The van der Waals surface area contributed by atoms with Gasteiger partial charge in [0, 0.05) is 38.5 Å². The van der Waals surface area contributed by atoms with E-state index in [2.05, 4.69) is 137 Å². The quantitative estimate of drug-likeness (QED) is 0.247. The van der Waals surface area contributed by atoms with Crippen molar-refractivity contribution in [3.63, 3.8) is 0 Å². The SMILES string of the molecule is CC(C)(C)c1ccc(N(C2=CC=CCC2)c2cc3c4c(c2)c2c5n4-c4c(cccc4C3(C)C)C(C)(C)C=5CCC=2)cc1. The van der Waals surface area contributed by atoms with E-state index in [0.29, 0.717) is 0 Å². The number of aromatic nitrogens is 1. The van der Waals surface area contributed by atoms with Crippen LogP contribution in [0, 0.1) is 0 Å². The van der Waals surface area contributed by atoms with E-state index < -0.39 is 0 Å². The summed E-state index contributed by atoms with van der Waals surface area (Å²) < 4.78 is 2.67. The first-order valence-electron chi connectivity index (χ1n) is 15.8. The molecule has 2 aliphatic heterocycles. The molecule has 2 aliphatic carbocycles. The van der Waals surface area contributed by atoms with Crippen LogP contribution >= 0.6 is 0 Å². The Morgan fingerprint density at radius 2 is 1.52 bits per heavy atom. The molecule has 4 aromatic rings. The van der Waals surface area contributed by atoms with Crippen LogP contribution < -0.4 is 15.5 Å². The molecule has 4 aliphatic rings. The summed E-state index contributed by atoms with van der Waals surface area (Å²) in [6, 6.07) is 21.4. The second-order valence-corrected chi connectivity index (χ2v) is 14.9. The zero-order valence-electron chi connectivity index (χ0n) is 26.2. The molecular weight excluding hydrogens is 508 g/mol. The monoisotopic (exact) mass is 550 g/mol. The van der Waals surface area contributed by atoms with E-state index >= 15 is 0 Å². The third-order valence-electron chi connectivity index (χ3n) is 10.7. The van der Waals surface area contributed by atoms with Crippen LogP contribution in [0.5, 0.6) is 0 Å². The number of fused-ring (bicyclic) bond motifs is 1. The van der Waals surface area contributed by atoms with Crippen LogP contribution in [0.25, 0.3) is 28.2 Å². The van der Waals surface area contributed by atoms with Crippen molar-refractivity contribution in [1.82, 2.24) is 4.57 Å². The lowest BCUT2D eigenvalue weighted by atomic mass is 9.68. The predicted molar refractivity (Wildman–Crippen MR) is 179 cm³/mol. The van der Waals surface area contributed by atoms with Gasteiger partial charge < -0.3 is 9.47 Å². The Morgan fingerprint density at radius 1 is 0.786 bits per heavy atom. The number of hydrogen-bond acceptors (Lipinski definition) is 1. The lowest BCUT2D eigenvalue weighted by molar-refractivity contribution is 0.590. The first-order chi connectivity index (χ1) is 20.0. The molecule has 3 heterocycles. The zero-order chi connectivity index (χ0) is 29.2. The van der Waals surface area contributed by atoms with Gasteiger partial charge in [0.25, 0.3) is 0 Å². The number of nitrogens with zero attached hydrogens (tertiary/aromatic N) is 2. The Hall–Kier alpha value is -3.78. The molecule has 8 rings (SSSR count). The van der Waals surface area contributed by atoms with Crippen molar-refractivity contribution in [3.8, 4) is 5.69 Å². The number of para-hydroxylation sites is 1. The first kappa shape index (κ1) is 25.9. The highest BCUT2D eigenvalue weighted by molar-refractivity contribution is 5.97. The first-order valence-corrected chi connectivity index (χ1v) is 15.8. The van der Waals surface area contributed by atoms with Crippen LogP contribution in [0.3, 0.4) is 0 Å². The molecule has 0 saturated heterocycles. The molecule has 0 spiro atoms. The van der Waals surface area contributed by atoms with Gasteiger partial charge in [-0.3, -0.25) is 0 Å². The number of benzene rings is 3. The summed E-state index contributed by atoms with van der Waals surface area (Å²) >= 11 is 0. The summed E-state index contributed by atoms with van der Waals surface area (Å²) in [6.45, 7) is 16.7. The van der Waals surface area contributed by atoms with Gasteiger partial charge in [0.2, 0.25) is 0 Å². The van der Waals surface area contributed by atoms with Gasteiger partial charge in [0.05, 0.1) is 16.6 Å². The Bertz CT molecular complexity index is 2000. The van der Waals surface area contributed by atoms with Gasteiger partial charge in [-0.05, 0) is 89.3 Å². The molecule has 2 nitrogen and oxygen atoms in total. The second-order valence-electron chi connectivity index (χ2n) is 14.9. The minimum absolute atomic E-state index is 0.0230. The predicted octanol–water partition coefficient (Wildman–Crippen LogP) is 8.96. The molecule has 1 aromatic heterocycles. The van der Waals surface area contributed by atoms with Crippen LogP contribution in [0.2, 0.25) is 0 Å². The van der Waals surface area contributed by atoms with E-state index in [1.165, 1.54) is 66.5 Å². The summed E-state index contributed by atoms with van der Waals surface area (Å²) in [5.74, 6) is 0. The maximum absolute atomic E-state index is 2.67. The summed E-state index contributed by atoms with van der Waals surface area (Å²) in [6.07, 6.45) is 13.7. The molecular formula is C40H42N2. The lowest BCUT2D eigenvalue weighted by Crippen LogP contribution is -2.45. The average molecular weight is 551 g/mol. The van der Waals surface area contributed by atoms with E-state index in [-0.39, 0.29) is 16.2 Å². The zero-order valence-corrected chi connectivity index (χ0v) is 26.2. The van der Waals surface area contributed by atoms with Crippen molar-refractivity contribution in [2.45, 2.75) is 90.4 Å². The van der Waals surface area contributed by atoms with E-state index in [1.54, 1.807) is 5.57 Å². The molecule has 0 amide bonds. The fourth-order valence-corrected chi connectivity index (χ4v) is 8.31. The largest absolute Gasteiger partial charge is 0.314 e. The second kappa shape index (κ2) is 8.40. The van der Waals surface area contributed by atoms with Crippen molar-refractivity contribution in [2.75, 3.05) is 4.90 Å². The van der Waals surface area contributed by atoms with Gasteiger partial charge in [0.1, 0.15) is 0 Å². The summed E-state index contributed by atoms with van der Waals surface area (Å²) in [4.78, 5) is 2.54. The molecule has 0 unspecified atom stereocenters. The minimum atomic E-state index is -0.118. The van der Waals surface area contributed by atoms with Gasteiger partial charge in [-0.25, -0.2) is 0 Å². The maximum Gasteiger partial charge on any atom is 0.0583 e. The molecule has 0 atom stereocenters. The van der Waals surface area contributed by atoms with Gasteiger partial charge in [-0.15, -0.1) is 0 Å². The Morgan fingerprint density at radius 3 is 2.21 bits per heavy atom. The Balaban J connectivity index is 1.47. The molecule has 0 saturated carbocycles. The molecule has 2 heteroatoms. The highest BCUT2D eigenvalue weighted by atomic mass is 15.2. The van der Waals surface area contributed by atoms with Crippen LogP contribution in [-0.4, -0.2) is 4.57 Å². The van der Waals surface area contributed by atoms with Crippen LogP contribution in [-0.2, 0) is 16.2 Å². The summed E-state index contributed by atoms with van der Waals surface area (Å²) in [7, 11) is 0. The topological polar surface area (TPSA) is 8.17 Å². The van der Waals surface area contributed by atoms with E-state index in [1.807, 2.05) is 0 Å². The maximum atomic E-state index is 2.67. The van der Waals surface area contributed by atoms with Crippen molar-refractivity contribution in [2.24, 2.45) is 0 Å². The fraction of sp³-hybridized carbons (Fsp3) is 0.350. The smallest absolute Gasteiger partial charge is 0.0583 e. The van der Waals surface area contributed by atoms with Crippen molar-refractivity contribution in [1.29, 1.82) is 0 Å². The lowest BCUT2D eigenvalue weighted by Gasteiger charge is -2.42. The van der Waals surface area contributed by atoms with Crippen LogP contribution in [0.4, 0.5) is 11.4 Å².